The van der Waals surface area contributed by atoms with Crippen molar-refractivity contribution in [3.8, 4) is 0 Å². The van der Waals surface area contributed by atoms with Crippen LogP contribution < -0.4 is 0 Å². The molecule has 3 nitrogen and oxygen atoms in total. The molecule has 0 aromatic rings. The predicted molar refractivity (Wildman–Crippen MR) is 87.9 cm³/mol. The first-order chi connectivity index (χ1) is 10.9. The van der Waals surface area contributed by atoms with Gasteiger partial charge >= 0.3 is 0 Å². The molecule has 0 aromatic heterocycles. The molecule has 6 atom stereocenters. The number of ether oxygens (including phenoxy) is 1. The Labute approximate surface area is 138 Å². The summed E-state index contributed by atoms with van der Waals surface area (Å²) < 4.78 is 5.60. The fraction of sp³-hybridized carbons (Fsp3) is 0.800. The van der Waals surface area contributed by atoms with Crippen LogP contribution in [0, 0.1) is 28.6 Å². The molecule has 23 heavy (non-hydrogen) atoms. The van der Waals surface area contributed by atoms with Crippen LogP contribution in [0.4, 0.5) is 0 Å². The summed E-state index contributed by atoms with van der Waals surface area (Å²) in [4.78, 5) is 24.5. The van der Waals surface area contributed by atoms with Crippen LogP contribution in [0.15, 0.2) is 11.6 Å². The van der Waals surface area contributed by atoms with Gasteiger partial charge in [-0.3, -0.25) is 9.59 Å². The Kier molecular flexibility index (Phi) is 3.39. The molecule has 0 amide bonds. The largest absolute Gasteiger partial charge is 0.381 e. The third-order valence-corrected chi connectivity index (χ3v) is 7.96. The van der Waals surface area contributed by atoms with Crippen LogP contribution in [0.1, 0.15) is 58.8 Å². The zero-order chi connectivity index (χ0) is 16.4. The number of Topliss-reactive ketones (excluding diaryl/α,β-unsaturated/α-hetero) is 2. The van der Waals surface area contributed by atoms with E-state index in [1.807, 2.05) is 7.11 Å². The van der Waals surface area contributed by atoms with Crippen LogP contribution in [0.2, 0.25) is 0 Å². The molecular weight excluding hydrogens is 288 g/mol. The average molecular weight is 316 g/mol. The molecule has 3 saturated carbocycles. The second kappa shape index (κ2) is 5.02. The van der Waals surface area contributed by atoms with Crippen LogP contribution >= 0.6 is 0 Å². The van der Waals surface area contributed by atoms with Crippen LogP contribution in [0.5, 0.6) is 0 Å². The van der Waals surface area contributed by atoms with Crippen molar-refractivity contribution in [1.82, 2.24) is 0 Å². The molecular formula is C20H28O3. The number of carbonyl (C=O) groups is 2. The number of hydrogen-bond donors (Lipinski definition) is 0. The third kappa shape index (κ3) is 1.98. The van der Waals surface area contributed by atoms with E-state index in [2.05, 4.69) is 19.9 Å². The van der Waals surface area contributed by atoms with Gasteiger partial charge in [0.25, 0.3) is 0 Å². The summed E-state index contributed by atoms with van der Waals surface area (Å²) in [5, 5.41) is 0. The van der Waals surface area contributed by atoms with Gasteiger partial charge in [0, 0.05) is 18.9 Å². The average Bonchev–Trinajstić information content (AvgIpc) is 2.78. The van der Waals surface area contributed by atoms with Crippen molar-refractivity contribution in [2.45, 2.75) is 64.9 Å². The SMILES string of the molecule is CO[C@H]1CC[C@@]2(C)C(=CC[C@@H]3[C@@H]2CC[C@]2(C)C(=O)C(=O)C[C@@H]32)C1. The molecule has 4 aliphatic carbocycles. The normalized spacial score (nSPS) is 49.3. The van der Waals surface area contributed by atoms with Gasteiger partial charge in [-0.2, -0.15) is 0 Å². The van der Waals surface area contributed by atoms with Gasteiger partial charge in [-0.05, 0) is 61.7 Å². The Bertz CT molecular complexity index is 592. The molecule has 0 unspecified atom stereocenters. The van der Waals surface area contributed by atoms with E-state index < -0.39 is 0 Å². The Balaban J connectivity index is 1.68. The molecule has 126 valence electrons. The maximum Gasteiger partial charge on any atom is 0.204 e. The molecule has 4 aliphatic rings. The second-order valence-electron chi connectivity index (χ2n) is 8.77. The van der Waals surface area contributed by atoms with Crippen molar-refractivity contribution >= 4 is 11.6 Å². The van der Waals surface area contributed by atoms with Gasteiger partial charge < -0.3 is 4.74 Å². The van der Waals surface area contributed by atoms with Gasteiger partial charge in [0.05, 0.1) is 6.10 Å². The number of methoxy groups -OCH3 is 1. The van der Waals surface area contributed by atoms with Gasteiger partial charge in [-0.15, -0.1) is 0 Å². The van der Waals surface area contributed by atoms with Gasteiger partial charge in [-0.1, -0.05) is 25.5 Å². The summed E-state index contributed by atoms with van der Waals surface area (Å²) >= 11 is 0. The highest BCUT2D eigenvalue weighted by atomic mass is 16.5. The fourth-order valence-electron chi connectivity index (χ4n) is 6.42. The number of fused-ring (bicyclic) bond motifs is 5. The lowest BCUT2D eigenvalue weighted by atomic mass is 9.48. The smallest absolute Gasteiger partial charge is 0.204 e. The van der Waals surface area contributed by atoms with E-state index in [9.17, 15) is 9.59 Å². The van der Waals surface area contributed by atoms with Crippen molar-refractivity contribution in [3.05, 3.63) is 11.6 Å². The van der Waals surface area contributed by atoms with Crippen LogP contribution in [0.25, 0.3) is 0 Å². The minimum absolute atomic E-state index is 0.0797. The monoisotopic (exact) mass is 316 g/mol. The first-order valence-electron chi connectivity index (χ1n) is 9.20. The minimum atomic E-state index is -0.371. The maximum absolute atomic E-state index is 12.4. The van der Waals surface area contributed by atoms with Gasteiger partial charge in [0.2, 0.25) is 5.78 Å². The molecule has 0 aromatic carbocycles. The molecule has 0 saturated heterocycles. The van der Waals surface area contributed by atoms with E-state index in [4.69, 9.17) is 4.74 Å². The highest BCUT2D eigenvalue weighted by molar-refractivity contribution is 6.41. The lowest BCUT2D eigenvalue weighted by Crippen LogP contribution is -2.50. The van der Waals surface area contributed by atoms with Crippen molar-refractivity contribution in [2.75, 3.05) is 7.11 Å². The van der Waals surface area contributed by atoms with Crippen molar-refractivity contribution in [3.63, 3.8) is 0 Å². The van der Waals surface area contributed by atoms with Crippen LogP contribution in [0.3, 0.4) is 0 Å². The third-order valence-electron chi connectivity index (χ3n) is 7.96. The molecule has 3 heteroatoms. The molecule has 0 radical (unpaired) electrons. The number of carbonyl (C=O) groups excluding carboxylic acids is 2. The highest BCUT2D eigenvalue weighted by Gasteiger charge is 2.61. The summed E-state index contributed by atoms with van der Waals surface area (Å²) in [5.74, 6) is 1.23. The van der Waals surface area contributed by atoms with Gasteiger partial charge in [0.15, 0.2) is 5.78 Å². The van der Waals surface area contributed by atoms with Crippen molar-refractivity contribution in [2.24, 2.45) is 28.6 Å². The molecule has 4 rings (SSSR count). The Morgan fingerprint density at radius 2 is 1.78 bits per heavy atom. The summed E-state index contributed by atoms with van der Waals surface area (Å²) in [7, 11) is 1.82. The zero-order valence-electron chi connectivity index (χ0n) is 14.6. The summed E-state index contributed by atoms with van der Waals surface area (Å²) in [5.41, 5.74) is 1.47. The lowest BCUT2D eigenvalue weighted by molar-refractivity contribution is -0.140. The molecule has 3 fully saturated rings. The molecule has 0 spiro atoms. The van der Waals surface area contributed by atoms with Crippen LogP contribution in [-0.4, -0.2) is 24.8 Å². The molecule has 0 N–H and O–H groups in total. The van der Waals surface area contributed by atoms with E-state index in [0.717, 1.165) is 32.1 Å². The Hall–Kier alpha value is -0.960. The Morgan fingerprint density at radius 1 is 1.04 bits per heavy atom. The van der Waals surface area contributed by atoms with Crippen LogP contribution in [-0.2, 0) is 14.3 Å². The summed E-state index contributed by atoms with van der Waals surface area (Å²) in [6, 6.07) is 0. The molecule has 0 aliphatic heterocycles. The number of allylic oxidation sites excluding steroid dienone is 1. The summed E-state index contributed by atoms with van der Waals surface area (Å²) in [6.45, 7) is 4.49. The zero-order valence-corrected chi connectivity index (χ0v) is 14.6. The van der Waals surface area contributed by atoms with Crippen molar-refractivity contribution < 1.29 is 14.3 Å². The topological polar surface area (TPSA) is 43.4 Å². The lowest BCUT2D eigenvalue weighted by Gasteiger charge is -2.56. The standard InChI is InChI=1S/C20H28O3/c1-19-8-6-13(23-3)10-12(19)4-5-14-15(19)7-9-20(2)16(14)11-17(21)18(20)22/h4,13-16H,5-11H2,1-3H3/t13-,14+,15-,16-,19-,20-/m0/s1. The molecule has 0 bridgehead atoms. The molecule has 0 heterocycles. The van der Waals surface area contributed by atoms with E-state index in [1.54, 1.807) is 5.57 Å². The first kappa shape index (κ1) is 15.6. The van der Waals surface area contributed by atoms with Crippen molar-refractivity contribution in [1.29, 1.82) is 0 Å². The first-order valence-corrected chi connectivity index (χ1v) is 9.20. The second-order valence-corrected chi connectivity index (χ2v) is 8.77. The minimum Gasteiger partial charge on any atom is -0.381 e. The summed E-state index contributed by atoms with van der Waals surface area (Å²) in [6.07, 6.45) is 9.73. The van der Waals surface area contributed by atoms with Gasteiger partial charge in [0.1, 0.15) is 0 Å². The highest BCUT2D eigenvalue weighted by Crippen LogP contribution is 2.63. The van der Waals surface area contributed by atoms with Gasteiger partial charge in [-0.25, -0.2) is 0 Å². The number of rotatable bonds is 1. The Morgan fingerprint density at radius 3 is 2.52 bits per heavy atom. The number of ketones is 2. The van der Waals surface area contributed by atoms with E-state index in [-0.39, 0.29) is 28.3 Å². The quantitative estimate of drug-likeness (QED) is 0.547. The number of hydrogen-bond acceptors (Lipinski definition) is 3. The van der Waals surface area contributed by atoms with E-state index >= 15 is 0 Å². The predicted octanol–water partition coefficient (Wildman–Crippen LogP) is 3.71. The van der Waals surface area contributed by atoms with E-state index in [1.165, 1.54) is 6.42 Å². The maximum atomic E-state index is 12.4. The van der Waals surface area contributed by atoms with E-state index in [0.29, 0.717) is 24.4 Å². The fourth-order valence-corrected chi connectivity index (χ4v) is 6.42.